The predicted octanol–water partition coefficient (Wildman–Crippen LogP) is -1.35. The number of hydrogen-bond acceptors (Lipinski definition) is 3. The van der Waals surface area contributed by atoms with E-state index in [-0.39, 0.29) is 36.2 Å². The van der Waals surface area contributed by atoms with E-state index in [0.29, 0.717) is 12.1 Å². The topological polar surface area (TPSA) is 91.2 Å². The highest BCUT2D eigenvalue weighted by atomic mass is 35.5. The van der Waals surface area contributed by atoms with E-state index < -0.39 is 12.1 Å². The van der Waals surface area contributed by atoms with E-state index in [2.05, 4.69) is 0 Å². The van der Waals surface area contributed by atoms with E-state index in [1.54, 1.807) is 12.1 Å². The number of halogens is 1. The van der Waals surface area contributed by atoms with Crippen LogP contribution in [0.15, 0.2) is 54.6 Å². The van der Waals surface area contributed by atoms with Crippen LogP contribution in [0.4, 0.5) is 0 Å². The van der Waals surface area contributed by atoms with Gasteiger partial charge < -0.3 is 27.9 Å². The Bertz CT molecular complexity index is 706. The summed E-state index contributed by atoms with van der Waals surface area (Å²) >= 11 is 0. The lowest BCUT2D eigenvalue weighted by Crippen LogP contribution is -3.00. The second-order valence-electron chi connectivity index (χ2n) is 5.80. The molecule has 2 rings (SSSR count). The number of carbonyl (C=O) groups excluding carboxylic acids is 1. The number of quaternary nitrogens is 1. The minimum Gasteiger partial charge on any atom is -1.00 e. The second kappa shape index (κ2) is 9.93. The third-order valence-corrected chi connectivity index (χ3v) is 3.98. The van der Waals surface area contributed by atoms with Crippen molar-refractivity contribution in [1.29, 1.82) is 0 Å². The molecule has 5 nitrogen and oxygen atoms in total. The average Bonchev–Trinajstić information content (AvgIpc) is 2.61. The summed E-state index contributed by atoms with van der Waals surface area (Å²) in [6.45, 7) is 2.44. The zero-order valence-corrected chi connectivity index (χ0v) is 14.7. The maximum absolute atomic E-state index is 12.2. The van der Waals surface area contributed by atoms with Crippen LogP contribution in [-0.4, -0.2) is 34.6 Å². The third-order valence-electron chi connectivity index (χ3n) is 3.98. The number of carboxylic acids is 1. The van der Waals surface area contributed by atoms with Gasteiger partial charge in [-0.25, -0.2) is 4.79 Å². The SMILES string of the molecule is CC([NH2+]CCC(=O)c1cccc(C(=O)O)c1)C(O)c1ccccc1.[Cl-]. The zero-order valence-electron chi connectivity index (χ0n) is 13.9. The van der Waals surface area contributed by atoms with Crippen LogP contribution in [0.2, 0.25) is 0 Å². The number of aliphatic hydroxyl groups is 1. The molecule has 0 aromatic heterocycles. The van der Waals surface area contributed by atoms with Crippen molar-refractivity contribution in [2.45, 2.75) is 25.5 Å². The fraction of sp³-hybridized carbons (Fsp3) is 0.263. The van der Waals surface area contributed by atoms with Crippen molar-refractivity contribution >= 4 is 11.8 Å². The Morgan fingerprint density at radius 2 is 1.68 bits per heavy atom. The molecular formula is C19H22ClNO4. The highest BCUT2D eigenvalue weighted by Crippen LogP contribution is 2.13. The molecule has 0 radical (unpaired) electrons. The van der Waals surface area contributed by atoms with Gasteiger partial charge in [-0.1, -0.05) is 42.5 Å². The van der Waals surface area contributed by atoms with Gasteiger partial charge in [-0.2, -0.15) is 0 Å². The van der Waals surface area contributed by atoms with Crippen molar-refractivity contribution < 1.29 is 37.5 Å². The van der Waals surface area contributed by atoms with Gasteiger partial charge in [-0.15, -0.1) is 0 Å². The maximum Gasteiger partial charge on any atom is 0.335 e. The first-order valence-corrected chi connectivity index (χ1v) is 7.92. The Balaban J connectivity index is 0.00000312. The van der Waals surface area contributed by atoms with E-state index in [4.69, 9.17) is 5.11 Å². The lowest BCUT2D eigenvalue weighted by atomic mass is 10.0. The fourth-order valence-corrected chi connectivity index (χ4v) is 2.53. The molecule has 0 aliphatic heterocycles. The van der Waals surface area contributed by atoms with Crippen molar-refractivity contribution in [3.8, 4) is 0 Å². The molecule has 0 amide bonds. The molecule has 0 heterocycles. The van der Waals surface area contributed by atoms with Crippen molar-refractivity contribution in [1.82, 2.24) is 0 Å². The highest BCUT2D eigenvalue weighted by molar-refractivity contribution is 5.98. The lowest BCUT2D eigenvalue weighted by Gasteiger charge is -2.17. The molecule has 0 saturated heterocycles. The number of carbonyl (C=O) groups is 2. The Morgan fingerprint density at radius 1 is 1.04 bits per heavy atom. The van der Waals surface area contributed by atoms with E-state index in [9.17, 15) is 14.7 Å². The number of hydrogen-bond donors (Lipinski definition) is 3. The smallest absolute Gasteiger partial charge is 0.335 e. The first-order valence-electron chi connectivity index (χ1n) is 7.92. The van der Waals surface area contributed by atoms with Gasteiger partial charge in [-0.05, 0) is 24.6 Å². The number of nitrogens with two attached hydrogens (primary N) is 1. The Hall–Kier alpha value is -2.21. The van der Waals surface area contributed by atoms with Gasteiger partial charge in [0, 0.05) is 5.56 Å². The quantitative estimate of drug-likeness (QED) is 0.506. The van der Waals surface area contributed by atoms with Crippen molar-refractivity contribution in [2.75, 3.05) is 6.54 Å². The molecule has 2 aromatic carbocycles. The minimum atomic E-state index is -1.05. The van der Waals surface area contributed by atoms with E-state index in [0.717, 1.165) is 5.56 Å². The van der Waals surface area contributed by atoms with Crippen LogP contribution in [0, 0.1) is 0 Å². The van der Waals surface area contributed by atoms with Crippen molar-refractivity contribution in [3.63, 3.8) is 0 Å². The minimum absolute atomic E-state index is 0. The summed E-state index contributed by atoms with van der Waals surface area (Å²) < 4.78 is 0. The molecule has 2 unspecified atom stereocenters. The summed E-state index contributed by atoms with van der Waals surface area (Å²) in [6.07, 6.45) is -0.314. The first-order chi connectivity index (χ1) is 11.5. The van der Waals surface area contributed by atoms with Crippen LogP contribution < -0.4 is 17.7 Å². The number of benzene rings is 2. The van der Waals surface area contributed by atoms with Crippen molar-refractivity contribution in [3.05, 3.63) is 71.3 Å². The molecule has 0 saturated carbocycles. The zero-order chi connectivity index (χ0) is 17.5. The molecule has 0 aliphatic carbocycles. The molecule has 0 spiro atoms. The van der Waals surface area contributed by atoms with E-state index in [1.165, 1.54) is 12.1 Å². The fourth-order valence-electron chi connectivity index (χ4n) is 2.53. The summed E-state index contributed by atoms with van der Waals surface area (Å²) in [5.74, 6) is -1.15. The first kappa shape index (κ1) is 20.8. The summed E-state index contributed by atoms with van der Waals surface area (Å²) in [6, 6.07) is 15.4. The Labute approximate surface area is 153 Å². The van der Waals surface area contributed by atoms with Crippen LogP contribution in [0.3, 0.4) is 0 Å². The number of Topliss-reactive ketones (excluding diaryl/α,β-unsaturated/α-hetero) is 1. The second-order valence-corrected chi connectivity index (χ2v) is 5.80. The molecule has 134 valence electrons. The predicted molar refractivity (Wildman–Crippen MR) is 90.0 cm³/mol. The largest absolute Gasteiger partial charge is 1.00 e. The molecule has 2 atom stereocenters. The molecule has 4 N–H and O–H groups in total. The van der Waals surface area contributed by atoms with Gasteiger partial charge >= 0.3 is 5.97 Å². The highest BCUT2D eigenvalue weighted by Gasteiger charge is 2.19. The van der Waals surface area contributed by atoms with Crippen LogP contribution in [0.25, 0.3) is 0 Å². The number of aliphatic hydroxyl groups excluding tert-OH is 1. The average molecular weight is 364 g/mol. The normalized spacial score (nSPS) is 12.7. The number of aromatic carboxylic acids is 1. The summed E-state index contributed by atoms with van der Waals surface area (Å²) in [5.41, 5.74) is 1.36. The third kappa shape index (κ3) is 5.98. The van der Waals surface area contributed by atoms with Crippen LogP contribution in [0.1, 0.15) is 45.7 Å². The maximum atomic E-state index is 12.2. The number of rotatable bonds is 8. The monoisotopic (exact) mass is 363 g/mol. The Kier molecular flexibility index (Phi) is 8.28. The van der Waals surface area contributed by atoms with E-state index >= 15 is 0 Å². The van der Waals surface area contributed by atoms with Crippen LogP contribution in [0.5, 0.6) is 0 Å². The van der Waals surface area contributed by atoms with Crippen LogP contribution in [-0.2, 0) is 0 Å². The Morgan fingerprint density at radius 3 is 2.32 bits per heavy atom. The molecule has 25 heavy (non-hydrogen) atoms. The summed E-state index contributed by atoms with van der Waals surface area (Å²) in [5, 5.41) is 21.2. The van der Waals surface area contributed by atoms with Gasteiger partial charge in [0.1, 0.15) is 12.1 Å². The van der Waals surface area contributed by atoms with Gasteiger partial charge in [0.15, 0.2) is 5.78 Å². The molecule has 6 heteroatoms. The molecule has 2 aromatic rings. The van der Waals surface area contributed by atoms with Crippen molar-refractivity contribution in [2.24, 2.45) is 0 Å². The van der Waals surface area contributed by atoms with Gasteiger partial charge in [0.05, 0.1) is 18.5 Å². The summed E-state index contributed by atoms with van der Waals surface area (Å²) in [7, 11) is 0. The van der Waals surface area contributed by atoms with Gasteiger partial charge in [0.2, 0.25) is 0 Å². The molecule has 0 bridgehead atoms. The molecular weight excluding hydrogens is 342 g/mol. The van der Waals surface area contributed by atoms with E-state index in [1.807, 2.05) is 42.6 Å². The van der Waals surface area contributed by atoms with Crippen LogP contribution >= 0.6 is 0 Å². The standard InChI is InChI=1S/C19H21NO4.ClH/c1-13(18(22)14-6-3-2-4-7-14)20-11-10-17(21)15-8-5-9-16(12-15)19(23)24;/h2-9,12-13,18,20,22H,10-11H2,1H3,(H,23,24);1H. The van der Waals surface area contributed by atoms with Gasteiger partial charge in [0.25, 0.3) is 0 Å². The molecule has 0 aliphatic rings. The molecule has 0 fully saturated rings. The lowest BCUT2D eigenvalue weighted by molar-refractivity contribution is -0.693. The van der Waals surface area contributed by atoms with Gasteiger partial charge in [-0.3, -0.25) is 4.79 Å². The number of ketones is 1. The summed E-state index contributed by atoms with van der Waals surface area (Å²) in [4.78, 5) is 23.1. The number of carboxylic acid groups (broad SMARTS) is 1.